The first-order chi connectivity index (χ1) is 8.53. The highest BCUT2D eigenvalue weighted by molar-refractivity contribution is 5.72. The standard InChI is InChI=1S/C11H14F2N2O3/c1-17-9(16)4-8-7(10(12)13)3-6(5-14)11(15-8)18-2/h3,10H,4-5,14H2,1-2H3. The lowest BCUT2D eigenvalue weighted by atomic mass is 10.1. The molecule has 1 heterocycles. The molecule has 1 aromatic heterocycles. The number of esters is 1. The van der Waals surface area contributed by atoms with Crippen LogP contribution in [0.4, 0.5) is 8.78 Å². The summed E-state index contributed by atoms with van der Waals surface area (Å²) in [6.07, 6.45) is -3.08. The number of methoxy groups -OCH3 is 2. The average Bonchev–Trinajstić information content (AvgIpc) is 2.37. The number of ether oxygens (including phenoxy) is 2. The largest absolute Gasteiger partial charge is 0.481 e. The molecule has 1 aromatic rings. The number of rotatable bonds is 5. The Kier molecular flexibility index (Phi) is 4.96. The molecule has 0 fully saturated rings. The van der Waals surface area contributed by atoms with Crippen molar-refractivity contribution in [1.29, 1.82) is 0 Å². The topological polar surface area (TPSA) is 74.4 Å². The molecule has 18 heavy (non-hydrogen) atoms. The van der Waals surface area contributed by atoms with Crippen LogP contribution in [0.25, 0.3) is 0 Å². The van der Waals surface area contributed by atoms with Crippen LogP contribution in [0.2, 0.25) is 0 Å². The molecule has 0 bridgehead atoms. The second-order valence-electron chi connectivity index (χ2n) is 3.45. The molecule has 1 rings (SSSR count). The number of nitrogens with zero attached hydrogens (tertiary/aromatic N) is 1. The minimum atomic E-state index is -2.74. The fourth-order valence-electron chi connectivity index (χ4n) is 1.45. The predicted molar refractivity (Wildman–Crippen MR) is 59.4 cm³/mol. The zero-order chi connectivity index (χ0) is 13.7. The molecule has 0 saturated carbocycles. The molecule has 0 aliphatic heterocycles. The van der Waals surface area contributed by atoms with E-state index in [0.29, 0.717) is 5.56 Å². The molecule has 100 valence electrons. The number of halogens is 2. The van der Waals surface area contributed by atoms with Gasteiger partial charge in [-0.15, -0.1) is 0 Å². The molecule has 0 radical (unpaired) electrons. The average molecular weight is 260 g/mol. The Morgan fingerprint density at radius 2 is 2.17 bits per heavy atom. The van der Waals surface area contributed by atoms with Crippen LogP contribution in [0.1, 0.15) is 23.2 Å². The molecule has 0 atom stereocenters. The van der Waals surface area contributed by atoms with Gasteiger partial charge >= 0.3 is 5.97 Å². The Balaban J connectivity index is 3.24. The van der Waals surface area contributed by atoms with Crippen LogP contribution in [0.15, 0.2) is 6.07 Å². The van der Waals surface area contributed by atoms with E-state index in [1.807, 2.05) is 0 Å². The molecule has 7 heteroatoms. The van der Waals surface area contributed by atoms with Gasteiger partial charge in [-0.1, -0.05) is 0 Å². The van der Waals surface area contributed by atoms with Gasteiger partial charge in [-0.05, 0) is 6.07 Å². The summed E-state index contributed by atoms with van der Waals surface area (Å²) in [6.45, 7) is 0.0222. The summed E-state index contributed by atoms with van der Waals surface area (Å²) in [5.74, 6) is -0.507. The number of carbonyl (C=O) groups excluding carboxylic acids is 1. The van der Waals surface area contributed by atoms with Crippen molar-refractivity contribution < 1.29 is 23.0 Å². The molecule has 5 nitrogen and oxygen atoms in total. The first-order valence-corrected chi connectivity index (χ1v) is 5.15. The zero-order valence-corrected chi connectivity index (χ0v) is 10.1. The smallest absolute Gasteiger partial charge is 0.311 e. The molecule has 0 aliphatic carbocycles. The Hall–Kier alpha value is -1.76. The van der Waals surface area contributed by atoms with Crippen molar-refractivity contribution in [2.45, 2.75) is 19.4 Å². The van der Waals surface area contributed by atoms with Crippen LogP contribution in [0.5, 0.6) is 5.88 Å². The molecular formula is C11H14F2N2O3. The van der Waals surface area contributed by atoms with Gasteiger partial charge in [-0.25, -0.2) is 13.8 Å². The summed E-state index contributed by atoms with van der Waals surface area (Å²) in [7, 11) is 2.53. The quantitative estimate of drug-likeness (QED) is 0.805. The fourth-order valence-corrected chi connectivity index (χ4v) is 1.45. The van der Waals surface area contributed by atoms with Crippen molar-refractivity contribution in [3.05, 3.63) is 22.9 Å². The molecule has 0 unspecified atom stereocenters. The number of hydrogen-bond acceptors (Lipinski definition) is 5. The van der Waals surface area contributed by atoms with Crippen molar-refractivity contribution in [2.24, 2.45) is 5.73 Å². The van der Waals surface area contributed by atoms with E-state index in [9.17, 15) is 13.6 Å². The SMILES string of the molecule is COC(=O)Cc1nc(OC)c(CN)cc1C(F)F. The first kappa shape index (κ1) is 14.3. The lowest BCUT2D eigenvalue weighted by Gasteiger charge is -2.12. The maximum absolute atomic E-state index is 12.9. The Morgan fingerprint density at radius 3 is 2.61 bits per heavy atom. The summed E-state index contributed by atoms with van der Waals surface area (Å²) in [5, 5.41) is 0. The summed E-state index contributed by atoms with van der Waals surface area (Å²) in [6, 6.07) is 1.20. The van der Waals surface area contributed by atoms with E-state index in [1.165, 1.54) is 20.3 Å². The van der Waals surface area contributed by atoms with E-state index in [4.69, 9.17) is 10.5 Å². The highest BCUT2D eigenvalue weighted by atomic mass is 19.3. The van der Waals surface area contributed by atoms with Gasteiger partial charge in [0.25, 0.3) is 6.43 Å². The van der Waals surface area contributed by atoms with Gasteiger partial charge in [-0.3, -0.25) is 4.79 Å². The van der Waals surface area contributed by atoms with E-state index >= 15 is 0 Å². The molecule has 0 aliphatic rings. The molecule has 0 amide bonds. The number of hydrogen-bond donors (Lipinski definition) is 1. The maximum Gasteiger partial charge on any atom is 0.311 e. The van der Waals surface area contributed by atoms with Crippen molar-refractivity contribution in [3.63, 3.8) is 0 Å². The fraction of sp³-hybridized carbons (Fsp3) is 0.455. The maximum atomic E-state index is 12.9. The van der Waals surface area contributed by atoms with Gasteiger partial charge < -0.3 is 15.2 Å². The van der Waals surface area contributed by atoms with Crippen LogP contribution < -0.4 is 10.5 Å². The van der Waals surface area contributed by atoms with E-state index in [2.05, 4.69) is 9.72 Å². The van der Waals surface area contributed by atoms with Crippen LogP contribution in [-0.4, -0.2) is 25.2 Å². The Morgan fingerprint density at radius 1 is 1.50 bits per heavy atom. The van der Waals surface area contributed by atoms with E-state index in [0.717, 1.165) is 0 Å². The van der Waals surface area contributed by atoms with Crippen LogP contribution in [0.3, 0.4) is 0 Å². The van der Waals surface area contributed by atoms with Crippen molar-refractivity contribution in [2.75, 3.05) is 14.2 Å². The number of pyridine rings is 1. The lowest BCUT2D eigenvalue weighted by Crippen LogP contribution is -2.12. The zero-order valence-electron chi connectivity index (χ0n) is 10.1. The van der Waals surface area contributed by atoms with E-state index in [1.54, 1.807) is 0 Å². The third-order valence-corrected chi connectivity index (χ3v) is 2.36. The number of carbonyl (C=O) groups is 1. The third-order valence-electron chi connectivity index (χ3n) is 2.36. The molecular weight excluding hydrogens is 246 g/mol. The van der Waals surface area contributed by atoms with Crippen molar-refractivity contribution in [3.8, 4) is 5.88 Å². The second-order valence-corrected chi connectivity index (χ2v) is 3.45. The van der Waals surface area contributed by atoms with E-state index < -0.39 is 12.4 Å². The van der Waals surface area contributed by atoms with Crippen molar-refractivity contribution >= 4 is 5.97 Å². The van der Waals surface area contributed by atoms with Crippen LogP contribution >= 0.6 is 0 Å². The summed E-state index contributed by atoms with van der Waals surface area (Å²) < 4.78 is 35.1. The summed E-state index contributed by atoms with van der Waals surface area (Å²) >= 11 is 0. The van der Waals surface area contributed by atoms with Gasteiger partial charge in [-0.2, -0.15) is 0 Å². The predicted octanol–water partition coefficient (Wildman–Crippen LogP) is 1.20. The van der Waals surface area contributed by atoms with Gasteiger partial charge in [0.2, 0.25) is 5.88 Å². The normalized spacial score (nSPS) is 10.6. The Labute approximate surface area is 103 Å². The minimum absolute atomic E-state index is 0.0222. The van der Waals surface area contributed by atoms with Gasteiger partial charge in [0.15, 0.2) is 0 Å². The van der Waals surface area contributed by atoms with Gasteiger partial charge in [0.05, 0.1) is 26.3 Å². The first-order valence-electron chi connectivity index (χ1n) is 5.15. The monoisotopic (exact) mass is 260 g/mol. The lowest BCUT2D eigenvalue weighted by molar-refractivity contribution is -0.139. The third kappa shape index (κ3) is 3.13. The summed E-state index contributed by atoms with van der Waals surface area (Å²) in [5.41, 5.74) is 5.38. The molecule has 0 aromatic carbocycles. The molecule has 0 saturated heterocycles. The van der Waals surface area contributed by atoms with Gasteiger partial charge in [0.1, 0.15) is 0 Å². The van der Waals surface area contributed by atoms with E-state index in [-0.39, 0.29) is 30.1 Å². The van der Waals surface area contributed by atoms with Crippen LogP contribution in [0, 0.1) is 0 Å². The van der Waals surface area contributed by atoms with Gasteiger partial charge in [0, 0.05) is 17.7 Å². The second kappa shape index (κ2) is 6.25. The number of nitrogens with two attached hydrogens (primary N) is 1. The summed E-state index contributed by atoms with van der Waals surface area (Å²) in [4.78, 5) is 15.0. The highest BCUT2D eigenvalue weighted by Crippen LogP contribution is 2.27. The molecule has 0 spiro atoms. The number of aromatic nitrogens is 1. The van der Waals surface area contributed by atoms with Crippen LogP contribution in [-0.2, 0) is 22.5 Å². The minimum Gasteiger partial charge on any atom is -0.481 e. The van der Waals surface area contributed by atoms with Crippen molar-refractivity contribution in [1.82, 2.24) is 4.98 Å². The Bertz CT molecular complexity index is 439. The molecule has 2 N–H and O–H groups in total. The highest BCUT2D eigenvalue weighted by Gasteiger charge is 2.20. The number of alkyl halides is 2.